The minimum Gasteiger partial charge on any atom is -0.260 e. The SMILES string of the molecule is O=C(F)C1(C(F)F)C(F)C2(C(=O)F)C(F)(F)CC(F)(F)C(C(=O)F)(C1F)C2(F)F. The summed E-state index contributed by atoms with van der Waals surface area (Å²) >= 11 is 0. The lowest BCUT2D eigenvalue weighted by Gasteiger charge is -2.64. The molecule has 0 radical (unpaired) electrons. The molecule has 29 heavy (non-hydrogen) atoms. The molecule has 0 N–H and O–H groups in total. The number of fused-ring (bicyclic) bond motifs is 2. The second-order valence-corrected chi connectivity index (χ2v) is 6.56. The van der Waals surface area contributed by atoms with Gasteiger partial charge in [0.1, 0.15) is 0 Å². The molecule has 2 fully saturated rings. The summed E-state index contributed by atoms with van der Waals surface area (Å²) in [5.74, 6) is -19.9. The van der Waals surface area contributed by atoms with Gasteiger partial charge in [0.15, 0.2) is 17.8 Å². The number of hydrogen-bond acceptors (Lipinski definition) is 3. The molecule has 4 atom stereocenters. The maximum Gasteiger partial charge on any atom is 0.322 e. The summed E-state index contributed by atoms with van der Waals surface area (Å²) in [6, 6.07) is -13.0. The van der Waals surface area contributed by atoms with Crippen molar-refractivity contribution in [1.29, 1.82) is 0 Å². The molecular weight excluding hydrogens is 451 g/mol. The van der Waals surface area contributed by atoms with Crippen molar-refractivity contribution >= 4 is 18.1 Å². The monoisotopic (exact) mass is 456 g/mol. The average Bonchev–Trinajstić information content (AvgIpc) is 2.41. The Morgan fingerprint density at radius 3 is 1.21 bits per heavy atom. The van der Waals surface area contributed by atoms with E-state index in [4.69, 9.17) is 0 Å². The summed E-state index contributed by atoms with van der Waals surface area (Å²) in [6.45, 7) is 0. The first kappa shape index (κ1) is 23.4. The zero-order valence-corrected chi connectivity index (χ0v) is 13.1. The van der Waals surface area contributed by atoms with Crippen molar-refractivity contribution in [2.45, 2.75) is 43.0 Å². The van der Waals surface area contributed by atoms with E-state index in [1.54, 1.807) is 0 Å². The van der Waals surface area contributed by atoms with Gasteiger partial charge in [0, 0.05) is 0 Å². The van der Waals surface area contributed by atoms with Gasteiger partial charge in [-0.3, -0.25) is 14.4 Å². The molecule has 0 aromatic heterocycles. The first-order chi connectivity index (χ1) is 12.8. The molecule has 0 aliphatic heterocycles. The van der Waals surface area contributed by atoms with Gasteiger partial charge in [-0.15, -0.1) is 0 Å². The van der Waals surface area contributed by atoms with Crippen LogP contribution in [0, 0.1) is 16.2 Å². The van der Waals surface area contributed by atoms with Gasteiger partial charge in [-0.1, -0.05) is 0 Å². The predicted molar refractivity (Wildman–Crippen MR) is 60.9 cm³/mol. The Morgan fingerprint density at radius 1 is 0.690 bits per heavy atom. The Labute approximate surface area is 150 Å². The van der Waals surface area contributed by atoms with Gasteiger partial charge in [-0.05, 0) is 0 Å². The Morgan fingerprint density at radius 2 is 1.00 bits per heavy atom. The van der Waals surface area contributed by atoms with E-state index in [-0.39, 0.29) is 0 Å². The lowest BCUT2D eigenvalue weighted by Crippen LogP contribution is -2.88. The van der Waals surface area contributed by atoms with E-state index in [1.165, 1.54) is 0 Å². The van der Waals surface area contributed by atoms with Gasteiger partial charge in [0.05, 0.1) is 6.42 Å². The van der Waals surface area contributed by atoms with Crippen molar-refractivity contribution in [3.05, 3.63) is 0 Å². The molecule has 4 unspecified atom stereocenters. The molecule has 2 aliphatic rings. The molecule has 3 nitrogen and oxygen atoms in total. The molecule has 2 bridgehead atoms. The normalized spacial score (nSPS) is 42.4. The van der Waals surface area contributed by atoms with E-state index < -0.39 is 77.3 Å². The number of alkyl halides is 10. The van der Waals surface area contributed by atoms with Gasteiger partial charge in [0.2, 0.25) is 10.8 Å². The lowest BCUT2D eigenvalue weighted by molar-refractivity contribution is -0.424. The summed E-state index contributed by atoms with van der Waals surface area (Å²) < 4.78 is 182. The van der Waals surface area contributed by atoms with Crippen molar-refractivity contribution in [3.63, 3.8) is 0 Å². The number of rotatable bonds is 4. The Bertz CT molecular complexity index is 732. The lowest BCUT2D eigenvalue weighted by atomic mass is 9.41. The first-order valence-electron chi connectivity index (χ1n) is 7.09. The third-order valence-electron chi connectivity index (χ3n) is 5.51. The maximum absolute atomic E-state index is 14.6. The minimum absolute atomic E-state index is 3.69. The van der Waals surface area contributed by atoms with Gasteiger partial charge >= 0.3 is 18.1 Å². The van der Waals surface area contributed by atoms with Crippen LogP contribution in [-0.4, -0.2) is 54.6 Å². The van der Waals surface area contributed by atoms with Crippen LogP contribution in [0.2, 0.25) is 0 Å². The molecular formula is C13H5F13O3. The number of carbonyl (C=O) groups excluding carboxylic acids is 3. The highest BCUT2D eigenvalue weighted by molar-refractivity contribution is 5.92. The average molecular weight is 456 g/mol. The van der Waals surface area contributed by atoms with Crippen LogP contribution in [0.5, 0.6) is 0 Å². The predicted octanol–water partition coefficient (Wildman–Crippen LogP) is 3.70. The molecule has 0 amide bonds. The molecule has 0 heterocycles. The van der Waals surface area contributed by atoms with Crippen molar-refractivity contribution < 1.29 is 71.5 Å². The van der Waals surface area contributed by atoms with Crippen LogP contribution >= 0.6 is 0 Å². The standard InChI is InChI=1S/C13H5F13O3/c14-2-10(4(16)17,5(18)27)3(15)12(7(20)29)9(23,24)1-8(21,22)11(2,6(19)28)13(12,25)26/h2-4H,1H2. The van der Waals surface area contributed by atoms with E-state index in [9.17, 15) is 71.5 Å². The largest absolute Gasteiger partial charge is 0.322 e. The fourth-order valence-corrected chi connectivity index (χ4v) is 4.10. The molecule has 2 aliphatic carbocycles. The van der Waals surface area contributed by atoms with Crippen LogP contribution in [0.1, 0.15) is 6.42 Å². The first-order valence-corrected chi connectivity index (χ1v) is 7.09. The number of halogens is 13. The highest BCUT2D eigenvalue weighted by Gasteiger charge is 3.02. The fourth-order valence-electron chi connectivity index (χ4n) is 4.10. The smallest absolute Gasteiger partial charge is 0.260 e. The Balaban J connectivity index is 3.27. The zero-order valence-electron chi connectivity index (χ0n) is 13.1. The van der Waals surface area contributed by atoms with Gasteiger partial charge < -0.3 is 0 Å². The summed E-state index contributed by atoms with van der Waals surface area (Å²) in [5.41, 5.74) is -18.9. The summed E-state index contributed by atoms with van der Waals surface area (Å²) in [7, 11) is 0. The highest BCUT2D eigenvalue weighted by Crippen LogP contribution is 2.78. The fraction of sp³-hybridized carbons (Fsp3) is 0.769. The molecule has 0 spiro atoms. The summed E-state index contributed by atoms with van der Waals surface area (Å²) in [6.07, 6.45) is -20.2. The number of carbonyl (C=O) groups is 3. The Hall–Kier alpha value is -1.90. The van der Waals surface area contributed by atoms with E-state index in [0.717, 1.165) is 0 Å². The van der Waals surface area contributed by atoms with Crippen molar-refractivity contribution in [2.75, 3.05) is 0 Å². The third kappa shape index (κ3) is 1.95. The minimum atomic E-state index is -7.09. The van der Waals surface area contributed by atoms with E-state index in [0.29, 0.717) is 0 Å². The summed E-state index contributed by atoms with van der Waals surface area (Å²) in [5, 5.41) is 0. The molecule has 166 valence electrons. The van der Waals surface area contributed by atoms with E-state index >= 15 is 0 Å². The van der Waals surface area contributed by atoms with E-state index in [1.807, 2.05) is 0 Å². The van der Waals surface area contributed by atoms with Crippen LogP contribution in [0.15, 0.2) is 0 Å². The third-order valence-corrected chi connectivity index (χ3v) is 5.51. The van der Waals surface area contributed by atoms with Gasteiger partial charge in [-0.25, -0.2) is 43.9 Å². The van der Waals surface area contributed by atoms with Crippen LogP contribution in [0.25, 0.3) is 0 Å². The Kier molecular flexibility index (Phi) is 4.70. The molecule has 0 aromatic rings. The second-order valence-electron chi connectivity index (χ2n) is 6.56. The van der Waals surface area contributed by atoms with Crippen molar-refractivity contribution in [1.82, 2.24) is 0 Å². The van der Waals surface area contributed by atoms with Crippen molar-refractivity contribution in [3.8, 4) is 0 Å². The number of hydrogen-bond donors (Lipinski definition) is 0. The molecule has 0 saturated heterocycles. The maximum atomic E-state index is 14.6. The summed E-state index contributed by atoms with van der Waals surface area (Å²) in [4.78, 5) is 33.0. The topological polar surface area (TPSA) is 51.2 Å². The van der Waals surface area contributed by atoms with E-state index in [2.05, 4.69) is 0 Å². The molecule has 2 saturated carbocycles. The van der Waals surface area contributed by atoms with Gasteiger partial charge in [-0.2, -0.15) is 13.2 Å². The quantitative estimate of drug-likeness (QED) is 0.479. The highest BCUT2D eigenvalue weighted by atomic mass is 19.3. The van der Waals surface area contributed by atoms with Crippen LogP contribution in [0.4, 0.5) is 57.1 Å². The second kappa shape index (κ2) is 5.83. The van der Waals surface area contributed by atoms with Gasteiger partial charge in [0.25, 0.3) is 24.2 Å². The molecule has 2 rings (SSSR count). The van der Waals surface area contributed by atoms with Crippen molar-refractivity contribution in [2.24, 2.45) is 16.2 Å². The molecule has 0 aromatic carbocycles. The molecule has 16 heteroatoms. The van der Waals surface area contributed by atoms with Crippen LogP contribution in [-0.2, 0) is 14.4 Å². The van der Waals surface area contributed by atoms with Crippen LogP contribution in [0.3, 0.4) is 0 Å². The van der Waals surface area contributed by atoms with Crippen LogP contribution < -0.4 is 0 Å². The zero-order chi connectivity index (χ0) is 23.2.